The average molecular weight is 486 g/mol. The molecular weight excluding hydrogens is 454 g/mol. The normalized spacial score (nSPS) is 17.9. The second-order valence-corrected chi connectivity index (χ2v) is 9.24. The maximum Gasteiger partial charge on any atom is 0.206 e. The van der Waals surface area contributed by atoms with Crippen molar-refractivity contribution in [3.05, 3.63) is 54.5 Å². The van der Waals surface area contributed by atoms with Crippen LogP contribution in [0.1, 0.15) is 18.5 Å². The van der Waals surface area contributed by atoms with Crippen LogP contribution in [0.5, 0.6) is 0 Å². The van der Waals surface area contributed by atoms with E-state index in [1.807, 2.05) is 24.4 Å². The van der Waals surface area contributed by atoms with Gasteiger partial charge >= 0.3 is 0 Å². The summed E-state index contributed by atoms with van der Waals surface area (Å²) in [7, 11) is 0. The van der Waals surface area contributed by atoms with Crippen LogP contribution in [-0.2, 0) is 4.74 Å². The number of pyridine rings is 1. The van der Waals surface area contributed by atoms with Gasteiger partial charge in [-0.1, -0.05) is 6.07 Å². The summed E-state index contributed by atoms with van der Waals surface area (Å²) in [6.07, 6.45) is 3.49. The largest absolute Gasteiger partial charge is 0.378 e. The van der Waals surface area contributed by atoms with Gasteiger partial charge in [0.05, 0.1) is 29.9 Å². The molecule has 0 aliphatic carbocycles. The Bertz CT molecular complexity index is 1330. The van der Waals surface area contributed by atoms with Crippen LogP contribution in [0.2, 0.25) is 0 Å². The molecule has 5 heterocycles. The number of hydrogen-bond acceptors (Lipinski definition) is 9. The van der Waals surface area contributed by atoms with Crippen LogP contribution < -0.4 is 15.5 Å². The van der Waals surface area contributed by atoms with E-state index in [4.69, 9.17) is 9.72 Å². The van der Waals surface area contributed by atoms with Crippen molar-refractivity contribution in [2.75, 3.05) is 62.7 Å². The zero-order valence-corrected chi connectivity index (χ0v) is 20.4. The molecule has 0 amide bonds. The number of piperazine rings is 1. The van der Waals surface area contributed by atoms with E-state index in [2.05, 4.69) is 65.5 Å². The highest BCUT2D eigenvalue weighted by atomic mass is 16.5. The molecule has 0 saturated carbocycles. The Morgan fingerprint density at radius 2 is 1.83 bits per heavy atom. The first-order valence-electron chi connectivity index (χ1n) is 12.6. The maximum absolute atomic E-state index is 5.46. The van der Waals surface area contributed by atoms with Crippen molar-refractivity contribution in [3.8, 4) is 11.3 Å². The van der Waals surface area contributed by atoms with Crippen LogP contribution in [0, 0.1) is 0 Å². The molecular formula is C26H31N9O. The third-order valence-electron chi connectivity index (χ3n) is 6.98. The first-order valence-corrected chi connectivity index (χ1v) is 12.6. The molecule has 0 spiro atoms. The van der Waals surface area contributed by atoms with E-state index in [0.717, 1.165) is 86.4 Å². The first kappa shape index (κ1) is 22.8. The third kappa shape index (κ3) is 4.88. The predicted molar refractivity (Wildman–Crippen MR) is 141 cm³/mol. The lowest BCUT2D eigenvalue weighted by molar-refractivity contribution is 0.122. The fraction of sp³-hybridized carbons (Fsp3) is 0.385. The van der Waals surface area contributed by atoms with Crippen molar-refractivity contribution in [2.24, 2.45) is 0 Å². The molecule has 1 atom stereocenters. The number of imidazole rings is 1. The third-order valence-corrected chi connectivity index (χ3v) is 6.98. The minimum absolute atomic E-state index is 0.337. The summed E-state index contributed by atoms with van der Waals surface area (Å²) in [5.74, 6) is 2.37. The molecule has 0 bridgehead atoms. The molecule has 2 saturated heterocycles. The van der Waals surface area contributed by atoms with Crippen LogP contribution in [0.15, 0.2) is 48.9 Å². The molecule has 6 rings (SSSR count). The number of morpholine rings is 1. The zero-order chi connectivity index (χ0) is 24.3. The van der Waals surface area contributed by atoms with E-state index in [0.29, 0.717) is 12.0 Å². The van der Waals surface area contributed by atoms with Gasteiger partial charge in [0.15, 0.2) is 0 Å². The number of benzene rings is 1. The number of aromatic nitrogens is 5. The van der Waals surface area contributed by atoms with Crippen LogP contribution >= 0.6 is 0 Å². The molecule has 186 valence electrons. The van der Waals surface area contributed by atoms with Gasteiger partial charge in [-0.05, 0) is 36.8 Å². The molecule has 3 N–H and O–H groups in total. The SMILES string of the molecule is CC(c1ccnc(Nc2nc3ccc(-c4cc(N5CCOCC5)ncn4)cc3[nH]2)c1)N1CCNCC1. The lowest BCUT2D eigenvalue weighted by Crippen LogP contribution is -2.44. The second kappa shape index (κ2) is 10.2. The summed E-state index contributed by atoms with van der Waals surface area (Å²) in [6.45, 7) is 9.56. The highest BCUT2D eigenvalue weighted by molar-refractivity contribution is 5.83. The van der Waals surface area contributed by atoms with Crippen molar-refractivity contribution in [1.82, 2.24) is 35.1 Å². The van der Waals surface area contributed by atoms with Crippen molar-refractivity contribution in [1.29, 1.82) is 0 Å². The van der Waals surface area contributed by atoms with Gasteiger partial charge < -0.3 is 25.3 Å². The summed E-state index contributed by atoms with van der Waals surface area (Å²) in [5.41, 5.74) is 4.96. The molecule has 4 aromatic rings. The molecule has 1 aromatic carbocycles. The Kier molecular flexibility index (Phi) is 6.46. The summed E-state index contributed by atoms with van der Waals surface area (Å²) < 4.78 is 5.46. The minimum Gasteiger partial charge on any atom is -0.378 e. The fourth-order valence-electron chi connectivity index (χ4n) is 4.88. The Labute approximate surface area is 210 Å². The number of fused-ring (bicyclic) bond motifs is 1. The molecule has 36 heavy (non-hydrogen) atoms. The van der Waals surface area contributed by atoms with E-state index >= 15 is 0 Å². The van der Waals surface area contributed by atoms with E-state index in [1.54, 1.807) is 6.33 Å². The van der Waals surface area contributed by atoms with Gasteiger partial charge in [-0.3, -0.25) is 4.90 Å². The summed E-state index contributed by atoms with van der Waals surface area (Å²) in [6, 6.07) is 12.7. The summed E-state index contributed by atoms with van der Waals surface area (Å²) in [4.78, 5) is 26.3. The number of aromatic amines is 1. The highest BCUT2D eigenvalue weighted by Gasteiger charge is 2.19. The van der Waals surface area contributed by atoms with E-state index in [9.17, 15) is 0 Å². The molecule has 10 heteroatoms. The average Bonchev–Trinajstić information content (AvgIpc) is 3.35. The number of H-pyrrole nitrogens is 1. The Balaban J connectivity index is 1.20. The number of hydrogen-bond donors (Lipinski definition) is 3. The van der Waals surface area contributed by atoms with Gasteiger partial charge in [0, 0.05) is 63.1 Å². The Hall–Kier alpha value is -3.60. The monoisotopic (exact) mass is 485 g/mol. The van der Waals surface area contributed by atoms with E-state index in [-0.39, 0.29) is 0 Å². The van der Waals surface area contributed by atoms with Crippen LogP contribution in [0.4, 0.5) is 17.6 Å². The van der Waals surface area contributed by atoms with Crippen LogP contribution in [-0.4, -0.2) is 82.3 Å². The number of rotatable bonds is 6. The first-order chi connectivity index (χ1) is 17.7. The van der Waals surface area contributed by atoms with Gasteiger partial charge in [0.25, 0.3) is 0 Å². The highest BCUT2D eigenvalue weighted by Crippen LogP contribution is 2.27. The van der Waals surface area contributed by atoms with Crippen molar-refractivity contribution >= 4 is 28.6 Å². The van der Waals surface area contributed by atoms with Crippen LogP contribution in [0.3, 0.4) is 0 Å². The number of anilines is 3. The predicted octanol–water partition coefficient (Wildman–Crippen LogP) is 2.96. The molecule has 2 aliphatic rings. The number of ether oxygens (including phenoxy) is 1. The topological polar surface area (TPSA) is 107 Å². The zero-order valence-electron chi connectivity index (χ0n) is 20.4. The second-order valence-electron chi connectivity index (χ2n) is 9.24. The fourth-order valence-corrected chi connectivity index (χ4v) is 4.88. The van der Waals surface area contributed by atoms with E-state index < -0.39 is 0 Å². The standard InChI is InChI=1S/C26H31N9O/c1-18(34-8-6-27-7-9-34)19-4-5-28-24(15-19)33-26-31-21-3-2-20(14-23(21)32-26)22-16-25(30-17-29-22)35-10-12-36-13-11-35/h2-5,14-18,27H,6-13H2,1H3,(H2,28,31,32,33). The lowest BCUT2D eigenvalue weighted by Gasteiger charge is -2.33. The quantitative estimate of drug-likeness (QED) is 0.380. The lowest BCUT2D eigenvalue weighted by atomic mass is 10.1. The Morgan fingerprint density at radius 1 is 0.972 bits per heavy atom. The summed E-state index contributed by atoms with van der Waals surface area (Å²) >= 11 is 0. The molecule has 1 unspecified atom stereocenters. The number of nitrogens with one attached hydrogen (secondary N) is 3. The van der Waals surface area contributed by atoms with Gasteiger partial charge in [0.1, 0.15) is 18.0 Å². The van der Waals surface area contributed by atoms with Crippen LogP contribution in [0.25, 0.3) is 22.3 Å². The smallest absolute Gasteiger partial charge is 0.206 e. The van der Waals surface area contributed by atoms with Gasteiger partial charge in [-0.15, -0.1) is 0 Å². The van der Waals surface area contributed by atoms with Crippen molar-refractivity contribution in [3.63, 3.8) is 0 Å². The molecule has 3 aromatic heterocycles. The van der Waals surface area contributed by atoms with Crippen molar-refractivity contribution in [2.45, 2.75) is 13.0 Å². The Morgan fingerprint density at radius 3 is 2.69 bits per heavy atom. The van der Waals surface area contributed by atoms with Gasteiger partial charge in [-0.25, -0.2) is 19.9 Å². The molecule has 2 aliphatic heterocycles. The molecule has 2 fully saturated rings. The molecule has 0 radical (unpaired) electrons. The van der Waals surface area contributed by atoms with Gasteiger partial charge in [-0.2, -0.15) is 0 Å². The van der Waals surface area contributed by atoms with Crippen molar-refractivity contribution < 1.29 is 4.74 Å². The number of nitrogens with zero attached hydrogens (tertiary/aromatic N) is 6. The maximum atomic E-state index is 5.46. The van der Waals surface area contributed by atoms with E-state index in [1.165, 1.54) is 5.56 Å². The minimum atomic E-state index is 0.337. The summed E-state index contributed by atoms with van der Waals surface area (Å²) in [5, 5.41) is 6.77. The van der Waals surface area contributed by atoms with Gasteiger partial charge in [0.2, 0.25) is 5.95 Å². The molecule has 10 nitrogen and oxygen atoms in total.